The van der Waals surface area contributed by atoms with Gasteiger partial charge in [-0.2, -0.15) is 0 Å². The maximum absolute atomic E-state index is 13.1. The standard InChI is InChI=1S/C21H24N2O3/c1-14-12-15-6-4-5-7-17(15)23(14)20(24)22-21(10-11-21)16-8-9-18(25-2)19(13-16)26-3/h4-9,13-14H,10-12H2,1-3H3,(H,22,24). The van der Waals surface area contributed by atoms with Gasteiger partial charge in [-0.3, -0.25) is 4.90 Å². The van der Waals surface area contributed by atoms with Crippen LogP contribution in [0.25, 0.3) is 0 Å². The lowest BCUT2D eigenvalue weighted by Gasteiger charge is -2.27. The van der Waals surface area contributed by atoms with Gasteiger partial charge in [0.15, 0.2) is 11.5 Å². The third-order valence-electron chi connectivity index (χ3n) is 5.46. The molecule has 2 amide bonds. The van der Waals surface area contributed by atoms with Crippen molar-refractivity contribution in [3.05, 3.63) is 53.6 Å². The Morgan fingerprint density at radius 3 is 2.54 bits per heavy atom. The van der Waals surface area contributed by atoms with Gasteiger partial charge in [0.2, 0.25) is 0 Å². The van der Waals surface area contributed by atoms with Crippen molar-refractivity contribution >= 4 is 11.7 Å². The van der Waals surface area contributed by atoms with Crippen LogP contribution < -0.4 is 19.7 Å². The lowest BCUT2D eigenvalue weighted by molar-refractivity contribution is 0.240. The molecule has 26 heavy (non-hydrogen) atoms. The molecule has 1 atom stereocenters. The van der Waals surface area contributed by atoms with E-state index >= 15 is 0 Å². The third kappa shape index (κ3) is 2.68. The van der Waals surface area contributed by atoms with E-state index in [4.69, 9.17) is 9.47 Å². The van der Waals surface area contributed by atoms with E-state index in [1.165, 1.54) is 5.56 Å². The zero-order valence-corrected chi connectivity index (χ0v) is 15.4. The largest absolute Gasteiger partial charge is 0.493 e. The number of hydrogen-bond donors (Lipinski definition) is 1. The van der Waals surface area contributed by atoms with Crippen LogP contribution in [0, 0.1) is 0 Å². The molecule has 4 rings (SSSR count). The number of benzene rings is 2. The molecule has 0 spiro atoms. The minimum atomic E-state index is -0.312. The van der Waals surface area contributed by atoms with Gasteiger partial charge in [0, 0.05) is 11.7 Å². The number of ether oxygens (including phenoxy) is 2. The zero-order valence-electron chi connectivity index (χ0n) is 15.4. The van der Waals surface area contributed by atoms with Crippen molar-refractivity contribution in [2.24, 2.45) is 0 Å². The lowest BCUT2D eigenvalue weighted by atomic mass is 10.0. The molecule has 136 valence electrons. The van der Waals surface area contributed by atoms with Crippen LogP contribution in [0.3, 0.4) is 0 Å². The normalized spacial score (nSPS) is 19.7. The molecule has 1 unspecified atom stereocenters. The quantitative estimate of drug-likeness (QED) is 0.909. The fourth-order valence-electron chi connectivity index (χ4n) is 3.88. The van der Waals surface area contributed by atoms with Crippen molar-refractivity contribution in [3.63, 3.8) is 0 Å². The van der Waals surface area contributed by atoms with Gasteiger partial charge in [0.1, 0.15) is 0 Å². The van der Waals surface area contributed by atoms with Gasteiger partial charge >= 0.3 is 6.03 Å². The van der Waals surface area contributed by atoms with Crippen LogP contribution in [0.15, 0.2) is 42.5 Å². The molecule has 2 aromatic carbocycles. The summed E-state index contributed by atoms with van der Waals surface area (Å²) < 4.78 is 10.7. The first-order valence-corrected chi connectivity index (χ1v) is 9.00. The molecule has 5 heteroatoms. The molecule has 0 aromatic heterocycles. The Kier molecular flexibility index (Phi) is 4.02. The Bertz CT molecular complexity index is 845. The Balaban J connectivity index is 1.58. The average Bonchev–Trinajstić information content (AvgIpc) is 3.35. The molecule has 5 nitrogen and oxygen atoms in total. The second-order valence-electron chi connectivity index (χ2n) is 7.13. The molecule has 0 saturated heterocycles. The van der Waals surface area contributed by atoms with E-state index in [1.54, 1.807) is 14.2 Å². The number of hydrogen-bond acceptors (Lipinski definition) is 3. The highest BCUT2D eigenvalue weighted by molar-refractivity contribution is 5.95. The maximum Gasteiger partial charge on any atom is 0.322 e. The number of methoxy groups -OCH3 is 2. The van der Waals surface area contributed by atoms with Crippen LogP contribution in [0.4, 0.5) is 10.5 Å². The molecule has 1 fully saturated rings. The molecule has 1 N–H and O–H groups in total. The average molecular weight is 352 g/mol. The minimum Gasteiger partial charge on any atom is -0.493 e. The van der Waals surface area contributed by atoms with Gasteiger partial charge < -0.3 is 14.8 Å². The molecule has 1 aliphatic heterocycles. The summed E-state index contributed by atoms with van der Waals surface area (Å²) in [5.74, 6) is 1.38. The summed E-state index contributed by atoms with van der Waals surface area (Å²) in [5.41, 5.74) is 2.99. The van der Waals surface area contributed by atoms with Crippen molar-refractivity contribution in [2.75, 3.05) is 19.1 Å². The first kappa shape index (κ1) is 16.8. The van der Waals surface area contributed by atoms with E-state index in [0.717, 1.165) is 30.5 Å². The van der Waals surface area contributed by atoms with E-state index in [0.29, 0.717) is 11.5 Å². The second-order valence-corrected chi connectivity index (χ2v) is 7.13. The molecule has 1 heterocycles. The number of carbonyl (C=O) groups is 1. The van der Waals surface area contributed by atoms with Gasteiger partial charge in [-0.25, -0.2) is 4.79 Å². The predicted molar refractivity (Wildman–Crippen MR) is 101 cm³/mol. The van der Waals surface area contributed by atoms with Crippen LogP contribution in [0.1, 0.15) is 30.9 Å². The molecular weight excluding hydrogens is 328 g/mol. The molecular formula is C21H24N2O3. The topological polar surface area (TPSA) is 50.8 Å². The van der Waals surface area contributed by atoms with E-state index in [-0.39, 0.29) is 17.6 Å². The Labute approximate surface area is 153 Å². The molecule has 1 aliphatic carbocycles. The van der Waals surface area contributed by atoms with Crippen LogP contribution in [0.2, 0.25) is 0 Å². The number of anilines is 1. The number of para-hydroxylation sites is 1. The van der Waals surface area contributed by atoms with Crippen molar-refractivity contribution in [2.45, 2.75) is 37.8 Å². The third-order valence-corrected chi connectivity index (χ3v) is 5.46. The fraction of sp³-hybridized carbons (Fsp3) is 0.381. The summed E-state index contributed by atoms with van der Waals surface area (Å²) in [7, 11) is 3.25. The molecule has 2 aromatic rings. The van der Waals surface area contributed by atoms with Gasteiger partial charge in [-0.1, -0.05) is 24.3 Å². The summed E-state index contributed by atoms with van der Waals surface area (Å²) in [6.07, 6.45) is 2.75. The number of fused-ring (bicyclic) bond motifs is 1. The van der Waals surface area contributed by atoms with Crippen molar-refractivity contribution in [3.8, 4) is 11.5 Å². The summed E-state index contributed by atoms with van der Waals surface area (Å²) in [5, 5.41) is 3.28. The van der Waals surface area contributed by atoms with E-state index < -0.39 is 0 Å². The monoisotopic (exact) mass is 352 g/mol. The fourth-order valence-corrected chi connectivity index (χ4v) is 3.88. The second kappa shape index (κ2) is 6.24. The predicted octanol–water partition coefficient (Wildman–Crippen LogP) is 3.85. The lowest BCUT2D eigenvalue weighted by Crippen LogP contribution is -2.47. The van der Waals surface area contributed by atoms with Crippen molar-refractivity contribution in [1.29, 1.82) is 0 Å². The van der Waals surface area contributed by atoms with Crippen LogP contribution in [-0.2, 0) is 12.0 Å². The smallest absolute Gasteiger partial charge is 0.322 e. The maximum atomic E-state index is 13.1. The van der Waals surface area contributed by atoms with Crippen LogP contribution in [0.5, 0.6) is 11.5 Å². The summed E-state index contributed by atoms with van der Waals surface area (Å²) in [4.78, 5) is 15.0. The molecule has 1 saturated carbocycles. The van der Waals surface area contributed by atoms with Crippen LogP contribution >= 0.6 is 0 Å². The summed E-state index contributed by atoms with van der Waals surface area (Å²) >= 11 is 0. The van der Waals surface area contributed by atoms with Gasteiger partial charge in [-0.15, -0.1) is 0 Å². The zero-order chi connectivity index (χ0) is 18.3. The SMILES string of the molecule is COc1ccc(C2(NC(=O)N3c4ccccc4CC3C)CC2)cc1OC. The van der Waals surface area contributed by atoms with E-state index in [1.807, 2.05) is 41.3 Å². The number of rotatable bonds is 4. The molecule has 0 radical (unpaired) electrons. The van der Waals surface area contributed by atoms with Crippen LogP contribution in [-0.4, -0.2) is 26.3 Å². The first-order chi connectivity index (χ1) is 12.6. The minimum absolute atomic E-state index is 0.0327. The molecule has 2 aliphatic rings. The number of nitrogens with one attached hydrogen (secondary N) is 1. The van der Waals surface area contributed by atoms with Gasteiger partial charge in [0.05, 0.1) is 19.8 Å². The highest BCUT2D eigenvalue weighted by Crippen LogP contribution is 2.48. The summed E-state index contributed by atoms with van der Waals surface area (Å²) in [6, 6.07) is 14.1. The van der Waals surface area contributed by atoms with E-state index in [9.17, 15) is 4.79 Å². The van der Waals surface area contributed by atoms with E-state index in [2.05, 4.69) is 18.3 Å². The Morgan fingerprint density at radius 1 is 1.12 bits per heavy atom. The highest BCUT2D eigenvalue weighted by Gasteiger charge is 2.47. The number of amides is 2. The van der Waals surface area contributed by atoms with Gasteiger partial charge in [-0.05, 0) is 55.5 Å². The Morgan fingerprint density at radius 2 is 1.85 bits per heavy atom. The summed E-state index contributed by atoms with van der Waals surface area (Å²) in [6.45, 7) is 2.09. The molecule has 0 bridgehead atoms. The van der Waals surface area contributed by atoms with Crippen molar-refractivity contribution in [1.82, 2.24) is 5.32 Å². The van der Waals surface area contributed by atoms with Gasteiger partial charge in [0.25, 0.3) is 0 Å². The first-order valence-electron chi connectivity index (χ1n) is 9.00. The number of urea groups is 1. The number of carbonyl (C=O) groups excluding carboxylic acids is 1. The van der Waals surface area contributed by atoms with Crippen molar-refractivity contribution < 1.29 is 14.3 Å². The Hall–Kier alpha value is -2.69. The highest BCUT2D eigenvalue weighted by atomic mass is 16.5. The number of nitrogens with zero attached hydrogens (tertiary/aromatic N) is 1.